The number of aryl methyl sites for hydroxylation is 2. The van der Waals surface area contributed by atoms with Crippen molar-refractivity contribution in [1.29, 1.82) is 0 Å². The normalized spacial score (nSPS) is 13.0. The molecule has 4 heterocycles. The molecule has 4 aromatic heterocycles. The summed E-state index contributed by atoms with van der Waals surface area (Å²) in [6, 6.07) is -0.325. The predicted molar refractivity (Wildman–Crippen MR) is 88.3 cm³/mol. The molecule has 4 rings (SSSR count). The molecule has 1 atom stereocenters. The SMILES string of the molecule is Cc1sc2ncn3nc([C@@H](C)n4cc([N+](=O)[O-])cn4)nc3c2c1C. The summed E-state index contributed by atoms with van der Waals surface area (Å²) in [5.74, 6) is 0.533. The van der Waals surface area contributed by atoms with Crippen LogP contribution in [0, 0.1) is 24.0 Å². The van der Waals surface area contributed by atoms with Crippen molar-refractivity contribution in [1.82, 2.24) is 29.4 Å². The van der Waals surface area contributed by atoms with E-state index in [9.17, 15) is 10.1 Å². The topological polar surface area (TPSA) is 104 Å². The number of nitrogens with zero attached hydrogens (tertiary/aromatic N) is 7. The number of aromatic nitrogens is 6. The lowest BCUT2D eigenvalue weighted by Crippen LogP contribution is -2.09. The number of hydrogen-bond donors (Lipinski definition) is 0. The highest BCUT2D eigenvalue weighted by Crippen LogP contribution is 2.31. The molecule has 0 bridgehead atoms. The molecule has 4 aromatic rings. The molecule has 10 heteroatoms. The summed E-state index contributed by atoms with van der Waals surface area (Å²) >= 11 is 1.63. The predicted octanol–water partition coefficient (Wildman–Crippen LogP) is 2.67. The van der Waals surface area contributed by atoms with Gasteiger partial charge in [0.05, 0.1) is 10.3 Å². The van der Waals surface area contributed by atoms with E-state index >= 15 is 0 Å². The highest BCUT2D eigenvalue weighted by Gasteiger charge is 2.20. The van der Waals surface area contributed by atoms with Crippen LogP contribution in [0.5, 0.6) is 0 Å². The zero-order chi connectivity index (χ0) is 17.0. The highest BCUT2D eigenvalue weighted by molar-refractivity contribution is 7.18. The lowest BCUT2D eigenvalue weighted by molar-refractivity contribution is -0.385. The number of nitro groups is 1. The molecular formula is C14H13N7O2S. The van der Waals surface area contributed by atoms with E-state index in [1.807, 2.05) is 13.8 Å². The summed E-state index contributed by atoms with van der Waals surface area (Å²) in [7, 11) is 0. The van der Waals surface area contributed by atoms with Crippen LogP contribution in [-0.4, -0.2) is 34.3 Å². The highest BCUT2D eigenvalue weighted by atomic mass is 32.1. The number of thiophene rings is 1. The third-order valence-electron chi connectivity index (χ3n) is 4.09. The first kappa shape index (κ1) is 14.7. The van der Waals surface area contributed by atoms with E-state index in [0.29, 0.717) is 5.82 Å². The molecule has 0 N–H and O–H groups in total. The molecule has 0 aliphatic carbocycles. The van der Waals surface area contributed by atoms with Crippen molar-refractivity contribution in [2.45, 2.75) is 26.8 Å². The van der Waals surface area contributed by atoms with Gasteiger partial charge in [0.1, 0.15) is 29.6 Å². The summed E-state index contributed by atoms with van der Waals surface area (Å²) in [4.78, 5) is 21.5. The van der Waals surface area contributed by atoms with Gasteiger partial charge in [-0.2, -0.15) is 5.10 Å². The fraction of sp³-hybridized carbons (Fsp3) is 0.286. The molecule has 0 aliphatic heterocycles. The summed E-state index contributed by atoms with van der Waals surface area (Å²) < 4.78 is 3.13. The van der Waals surface area contributed by atoms with Crippen molar-refractivity contribution in [3.8, 4) is 0 Å². The molecule has 0 spiro atoms. The minimum atomic E-state index is -0.474. The summed E-state index contributed by atoms with van der Waals surface area (Å²) in [5, 5.41) is 20.3. The smallest absolute Gasteiger partial charge is 0.258 e. The van der Waals surface area contributed by atoms with Crippen LogP contribution in [0.25, 0.3) is 15.9 Å². The average molecular weight is 343 g/mol. The minimum Gasteiger partial charge on any atom is -0.258 e. The van der Waals surface area contributed by atoms with Crippen LogP contribution >= 0.6 is 11.3 Å². The number of fused-ring (bicyclic) bond motifs is 3. The molecule has 0 unspecified atom stereocenters. The maximum atomic E-state index is 10.8. The van der Waals surface area contributed by atoms with Crippen LogP contribution in [0.2, 0.25) is 0 Å². The third kappa shape index (κ3) is 2.07. The van der Waals surface area contributed by atoms with Crippen molar-refractivity contribution < 1.29 is 4.92 Å². The van der Waals surface area contributed by atoms with Gasteiger partial charge in [0, 0.05) is 4.88 Å². The van der Waals surface area contributed by atoms with Crippen LogP contribution in [0.4, 0.5) is 5.69 Å². The second-order valence-corrected chi connectivity index (χ2v) is 6.76. The van der Waals surface area contributed by atoms with Crippen LogP contribution in [0.3, 0.4) is 0 Å². The van der Waals surface area contributed by atoms with Gasteiger partial charge in [-0.1, -0.05) is 0 Å². The Bertz CT molecular complexity index is 1090. The Morgan fingerprint density at radius 2 is 2.17 bits per heavy atom. The van der Waals surface area contributed by atoms with Gasteiger partial charge in [-0.05, 0) is 26.3 Å². The minimum absolute atomic E-state index is 0.0565. The lowest BCUT2D eigenvalue weighted by Gasteiger charge is -2.05. The van der Waals surface area contributed by atoms with Crippen LogP contribution < -0.4 is 0 Å². The van der Waals surface area contributed by atoms with E-state index in [1.165, 1.54) is 22.0 Å². The van der Waals surface area contributed by atoms with Gasteiger partial charge in [0.15, 0.2) is 11.5 Å². The quantitative estimate of drug-likeness (QED) is 0.418. The largest absolute Gasteiger partial charge is 0.307 e. The van der Waals surface area contributed by atoms with Gasteiger partial charge in [-0.15, -0.1) is 16.4 Å². The van der Waals surface area contributed by atoms with E-state index in [1.54, 1.807) is 22.2 Å². The van der Waals surface area contributed by atoms with Crippen molar-refractivity contribution in [2.24, 2.45) is 0 Å². The maximum absolute atomic E-state index is 10.8. The molecule has 24 heavy (non-hydrogen) atoms. The number of rotatable bonds is 3. The van der Waals surface area contributed by atoms with Gasteiger partial charge < -0.3 is 0 Å². The molecule has 0 aliphatic rings. The Morgan fingerprint density at radius 3 is 2.88 bits per heavy atom. The standard InChI is InChI=1S/C14H13N7O2S/c1-7-9(3)24-14-11(7)13-17-12(18-20(13)6-15-14)8(2)19-5-10(4-16-19)21(22)23/h4-6,8H,1-3H3/t8-/m1/s1. The fourth-order valence-corrected chi connectivity index (χ4v) is 3.58. The zero-order valence-electron chi connectivity index (χ0n) is 13.2. The Morgan fingerprint density at radius 1 is 1.38 bits per heavy atom. The van der Waals surface area contributed by atoms with Crippen molar-refractivity contribution in [2.75, 3.05) is 0 Å². The molecule has 0 saturated carbocycles. The Balaban J connectivity index is 1.84. The molecule has 0 amide bonds. The second-order valence-electron chi connectivity index (χ2n) is 5.56. The lowest BCUT2D eigenvalue weighted by atomic mass is 10.2. The second kappa shape index (κ2) is 5.06. The number of hydrogen-bond acceptors (Lipinski definition) is 7. The first-order chi connectivity index (χ1) is 11.5. The first-order valence-electron chi connectivity index (χ1n) is 7.25. The third-order valence-corrected chi connectivity index (χ3v) is 5.21. The Kier molecular flexibility index (Phi) is 3.10. The molecule has 9 nitrogen and oxygen atoms in total. The Labute approximate surface area is 139 Å². The van der Waals surface area contributed by atoms with Gasteiger partial charge in [0.25, 0.3) is 0 Å². The summed E-state index contributed by atoms with van der Waals surface area (Å²) in [5.41, 5.74) is 1.83. The van der Waals surface area contributed by atoms with Gasteiger partial charge in [-0.3, -0.25) is 14.8 Å². The van der Waals surface area contributed by atoms with E-state index in [-0.39, 0.29) is 11.7 Å². The zero-order valence-corrected chi connectivity index (χ0v) is 14.0. The van der Waals surface area contributed by atoms with Crippen molar-refractivity contribution >= 4 is 32.9 Å². The molecular weight excluding hydrogens is 330 g/mol. The molecule has 0 saturated heterocycles. The summed E-state index contributed by atoms with van der Waals surface area (Å²) in [6.45, 7) is 5.95. The van der Waals surface area contributed by atoms with Crippen molar-refractivity contribution in [3.05, 3.63) is 45.1 Å². The molecule has 0 aromatic carbocycles. The average Bonchev–Trinajstić information content (AvgIpc) is 3.24. The first-order valence-corrected chi connectivity index (χ1v) is 8.07. The maximum Gasteiger partial charge on any atom is 0.307 e. The molecule has 0 radical (unpaired) electrons. The summed E-state index contributed by atoms with van der Waals surface area (Å²) in [6.07, 6.45) is 4.24. The Hall–Kier alpha value is -2.88. The van der Waals surface area contributed by atoms with Gasteiger partial charge >= 0.3 is 5.69 Å². The van der Waals surface area contributed by atoms with Crippen LogP contribution in [0.15, 0.2) is 18.7 Å². The van der Waals surface area contributed by atoms with E-state index in [0.717, 1.165) is 21.4 Å². The van der Waals surface area contributed by atoms with E-state index in [4.69, 9.17) is 0 Å². The van der Waals surface area contributed by atoms with Crippen molar-refractivity contribution in [3.63, 3.8) is 0 Å². The van der Waals surface area contributed by atoms with Crippen LogP contribution in [-0.2, 0) is 0 Å². The molecule has 0 fully saturated rings. The van der Waals surface area contributed by atoms with E-state index in [2.05, 4.69) is 27.1 Å². The van der Waals surface area contributed by atoms with E-state index < -0.39 is 4.92 Å². The molecule has 122 valence electrons. The van der Waals surface area contributed by atoms with Gasteiger partial charge in [-0.25, -0.2) is 14.5 Å². The fourth-order valence-electron chi connectivity index (χ4n) is 2.59. The van der Waals surface area contributed by atoms with Gasteiger partial charge in [0.2, 0.25) is 0 Å². The monoisotopic (exact) mass is 343 g/mol. The van der Waals surface area contributed by atoms with Crippen LogP contribution in [0.1, 0.15) is 29.2 Å².